The van der Waals surface area contributed by atoms with Crippen LogP contribution in [0.3, 0.4) is 0 Å². The van der Waals surface area contributed by atoms with E-state index in [0.717, 1.165) is 6.92 Å². The van der Waals surface area contributed by atoms with Crippen molar-refractivity contribution in [3.8, 4) is 0 Å². The van der Waals surface area contributed by atoms with Crippen molar-refractivity contribution < 1.29 is 68.1 Å². The molecule has 0 spiro atoms. The first-order chi connectivity index (χ1) is 27.5. The highest BCUT2D eigenvalue weighted by molar-refractivity contribution is 5.94. The number of amides is 1. The van der Waals surface area contributed by atoms with Crippen LogP contribution in [0.15, 0.2) is 71.8 Å². The van der Waals surface area contributed by atoms with Crippen LogP contribution >= 0.6 is 0 Å². The van der Waals surface area contributed by atoms with Gasteiger partial charge < -0.3 is 49.4 Å². The lowest BCUT2D eigenvalue weighted by Gasteiger charge is -2.67. The van der Waals surface area contributed by atoms with E-state index in [4.69, 9.17) is 23.7 Å². The van der Waals surface area contributed by atoms with Crippen LogP contribution in [0.25, 0.3) is 0 Å². The van der Waals surface area contributed by atoms with Crippen molar-refractivity contribution in [3.63, 3.8) is 0 Å². The Hall–Kier alpha value is -4.67. The molecule has 6 rings (SSSR count). The molecule has 3 aliphatic carbocycles. The third kappa shape index (κ3) is 7.67. The van der Waals surface area contributed by atoms with E-state index in [1.165, 1.54) is 26.0 Å². The van der Waals surface area contributed by atoms with Crippen LogP contribution in [0.4, 0.5) is 4.79 Å². The summed E-state index contributed by atoms with van der Waals surface area (Å²) < 4.78 is 29.6. The number of nitrogens with one attached hydrogen (secondary N) is 1. The summed E-state index contributed by atoms with van der Waals surface area (Å²) in [5, 5.41) is 51.5. The Balaban J connectivity index is 1.43. The third-order valence-electron chi connectivity index (χ3n) is 12.8. The minimum Gasteiger partial charge on any atom is -0.458 e. The second-order valence-electron chi connectivity index (χ2n) is 18.0. The lowest BCUT2D eigenvalue weighted by molar-refractivity contribution is -0.346. The van der Waals surface area contributed by atoms with Gasteiger partial charge in [0, 0.05) is 25.2 Å². The largest absolute Gasteiger partial charge is 0.458 e. The highest BCUT2D eigenvalue weighted by Crippen LogP contribution is 2.64. The van der Waals surface area contributed by atoms with E-state index in [1.54, 1.807) is 83.1 Å². The Morgan fingerprint density at radius 2 is 1.58 bits per heavy atom. The molecule has 4 aliphatic rings. The van der Waals surface area contributed by atoms with Crippen molar-refractivity contribution in [3.05, 3.63) is 82.9 Å². The van der Waals surface area contributed by atoms with Crippen LogP contribution in [0.5, 0.6) is 0 Å². The molecule has 2 saturated carbocycles. The number of ketones is 1. The number of hydrogen-bond donors (Lipinski definition) is 5. The summed E-state index contributed by atoms with van der Waals surface area (Å²) >= 11 is 0. The van der Waals surface area contributed by atoms with Gasteiger partial charge in [0.2, 0.25) is 0 Å². The molecule has 59 heavy (non-hydrogen) atoms. The second-order valence-corrected chi connectivity index (χ2v) is 18.0. The average molecular weight is 822 g/mol. The van der Waals surface area contributed by atoms with Gasteiger partial charge in [-0.3, -0.25) is 14.4 Å². The van der Waals surface area contributed by atoms with Gasteiger partial charge in [0.1, 0.15) is 35.6 Å². The van der Waals surface area contributed by atoms with Gasteiger partial charge in [-0.1, -0.05) is 62.4 Å². The van der Waals surface area contributed by atoms with Crippen molar-refractivity contribution in [1.29, 1.82) is 0 Å². The highest BCUT2D eigenvalue weighted by atomic mass is 16.6. The van der Waals surface area contributed by atoms with Gasteiger partial charge in [-0.05, 0) is 63.5 Å². The fourth-order valence-electron chi connectivity index (χ4n) is 9.77. The summed E-state index contributed by atoms with van der Waals surface area (Å²) in [6, 6.07) is 15.2. The molecule has 2 aromatic carbocycles. The zero-order valence-electron chi connectivity index (χ0n) is 34.6. The molecular formula is C44H55NO14. The first-order valence-corrected chi connectivity index (χ1v) is 19.8. The first-order valence-electron chi connectivity index (χ1n) is 19.8. The molecule has 15 nitrogen and oxygen atoms in total. The maximum absolute atomic E-state index is 14.9. The zero-order valence-corrected chi connectivity index (χ0v) is 34.6. The van der Waals surface area contributed by atoms with Crippen LogP contribution in [-0.4, -0.2) is 110 Å². The fraction of sp³-hybridized carbons (Fsp3) is 0.568. The molecule has 0 unspecified atom stereocenters. The number of alkyl carbamates (subject to hydrolysis) is 1. The smallest absolute Gasteiger partial charge is 0.408 e. The summed E-state index contributed by atoms with van der Waals surface area (Å²) in [6.45, 7) is 12.0. The number of esters is 3. The number of aliphatic hydroxyl groups excluding tert-OH is 3. The molecule has 3 fully saturated rings. The maximum atomic E-state index is 14.9. The van der Waals surface area contributed by atoms with Crippen LogP contribution in [-0.2, 0) is 38.1 Å². The first kappa shape index (κ1) is 43.9. The van der Waals surface area contributed by atoms with Gasteiger partial charge in [-0.2, -0.15) is 0 Å². The van der Waals surface area contributed by atoms with E-state index in [2.05, 4.69) is 5.32 Å². The number of rotatable bonds is 9. The summed E-state index contributed by atoms with van der Waals surface area (Å²) in [4.78, 5) is 68.6. The Morgan fingerprint density at radius 3 is 2.14 bits per heavy atom. The van der Waals surface area contributed by atoms with E-state index in [9.17, 15) is 44.4 Å². The van der Waals surface area contributed by atoms with Crippen LogP contribution < -0.4 is 5.32 Å². The normalized spacial score (nSPS) is 33.3. The molecule has 15 heteroatoms. The molecular weight excluding hydrogens is 766 g/mol. The number of aliphatic hydroxyl groups is 4. The minimum absolute atomic E-state index is 0.0236. The van der Waals surface area contributed by atoms with E-state index < -0.39 is 119 Å². The van der Waals surface area contributed by atoms with E-state index >= 15 is 0 Å². The van der Waals surface area contributed by atoms with Gasteiger partial charge in [-0.25, -0.2) is 9.59 Å². The summed E-state index contributed by atoms with van der Waals surface area (Å²) in [6.07, 6.45) is -11.3. The fourth-order valence-corrected chi connectivity index (χ4v) is 9.77. The quantitative estimate of drug-likeness (QED) is 0.138. The lowest BCUT2D eigenvalue weighted by atomic mass is 9.44. The van der Waals surface area contributed by atoms with Crippen molar-refractivity contribution in [2.24, 2.45) is 16.7 Å². The molecule has 0 aromatic heterocycles. The number of benzene rings is 2. The van der Waals surface area contributed by atoms with Gasteiger partial charge in [0.15, 0.2) is 11.4 Å². The molecule has 1 amide bonds. The molecule has 320 valence electrons. The van der Waals surface area contributed by atoms with Crippen LogP contribution in [0, 0.1) is 16.7 Å². The lowest BCUT2D eigenvalue weighted by Crippen LogP contribution is -2.81. The number of Topliss-reactive ketones (excluding diaryl/α,β-unsaturated/α-hetero) is 1. The number of fused-ring (bicyclic) bond motifs is 5. The molecule has 1 saturated heterocycles. The predicted molar refractivity (Wildman–Crippen MR) is 208 cm³/mol. The van der Waals surface area contributed by atoms with Crippen molar-refractivity contribution in [1.82, 2.24) is 5.32 Å². The Kier molecular flexibility index (Phi) is 11.7. The summed E-state index contributed by atoms with van der Waals surface area (Å²) in [5.74, 6) is -5.01. The van der Waals surface area contributed by atoms with E-state index in [1.807, 2.05) is 0 Å². The van der Waals surface area contributed by atoms with Crippen LogP contribution in [0.1, 0.15) is 96.6 Å². The van der Waals surface area contributed by atoms with Gasteiger partial charge in [-0.15, -0.1) is 0 Å². The molecule has 2 bridgehead atoms. The number of ether oxygens (including phenoxy) is 5. The molecule has 1 heterocycles. The Morgan fingerprint density at radius 1 is 0.966 bits per heavy atom. The minimum atomic E-state index is -2.31. The summed E-state index contributed by atoms with van der Waals surface area (Å²) in [7, 11) is 0. The van der Waals surface area contributed by atoms with Crippen molar-refractivity contribution >= 4 is 29.8 Å². The van der Waals surface area contributed by atoms with Crippen LogP contribution in [0.2, 0.25) is 0 Å². The van der Waals surface area contributed by atoms with Crippen molar-refractivity contribution in [2.75, 3.05) is 6.61 Å². The molecule has 2 aromatic rings. The molecule has 1 aliphatic heterocycles. The molecule has 5 N–H and O–H groups in total. The van der Waals surface area contributed by atoms with Crippen molar-refractivity contribution in [2.45, 2.75) is 134 Å². The Labute approximate surface area is 343 Å². The average Bonchev–Trinajstić information content (AvgIpc) is 3.15. The number of carbonyl (C=O) groups excluding carboxylic acids is 5. The second kappa shape index (κ2) is 15.7. The van der Waals surface area contributed by atoms with Gasteiger partial charge in [0.05, 0.1) is 48.2 Å². The summed E-state index contributed by atoms with van der Waals surface area (Å²) in [5.41, 5.74) is -7.72. The van der Waals surface area contributed by atoms with Gasteiger partial charge in [0.25, 0.3) is 0 Å². The number of hydrogen-bond acceptors (Lipinski definition) is 14. The van der Waals surface area contributed by atoms with E-state index in [0.29, 0.717) is 5.56 Å². The molecule has 11 atom stereocenters. The predicted octanol–water partition coefficient (Wildman–Crippen LogP) is 3.65. The SMILES string of the molecule is CC(=O)O[C@@]12CO[C@@H]1C[C@H](O)[C@@]1(C)C(=O)[C@H](O)C3=C(C)[C@@H](OC(=O)C[C@H](O)[C@@H](NC(=O)OC(C)(C)C)c4ccccc4)C[C@@](O)([C@@H](OC(=O)c4ccccc4)[C@H]21)C3(C)C. The van der Waals surface area contributed by atoms with Gasteiger partial charge >= 0.3 is 24.0 Å². The Bertz CT molecular complexity index is 1990. The zero-order chi connectivity index (χ0) is 43.5. The maximum Gasteiger partial charge on any atom is 0.408 e. The number of carbonyl (C=O) groups is 5. The topological polar surface area (TPSA) is 224 Å². The monoisotopic (exact) mass is 821 g/mol. The third-order valence-corrected chi connectivity index (χ3v) is 12.8. The van der Waals surface area contributed by atoms with E-state index in [-0.39, 0.29) is 29.7 Å². The highest BCUT2D eigenvalue weighted by Gasteiger charge is 2.78. The molecule has 0 radical (unpaired) electrons. The standard InChI is InChI=1S/C44H55NO14/c1-23-28(56-31(49)19-27(47)33(25-15-11-9-12-16-25)45-39(53)59-40(3,4)5)21-44(54)37(57-38(52)26-17-13-10-14-18-26)35-42(8,36(51)34(50)32(23)41(44,6)7)29(48)20-30-43(35,22-55-30)58-24(2)46/h9-18,27-30,33-35,37,47-48,50,54H,19-22H2,1-8H3,(H,45,53)/t27-,28-,29-,30+,33-,34+,35-,37-,42+,43-,44+/m0/s1.